The van der Waals surface area contributed by atoms with Crippen molar-refractivity contribution in [2.24, 2.45) is 0 Å². The van der Waals surface area contributed by atoms with Gasteiger partial charge in [-0.25, -0.2) is 0 Å². The third kappa shape index (κ3) is 1.66. The fourth-order valence-corrected chi connectivity index (χ4v) is 2.82. The Bertz CT molecular complexity index is 121. The Morgan fingerprint density at radius 3 is 1.83 bits per heavy atom. The van der Waals surface area contributed by atoms with Crippen LogP contribution in [0.3, 0.4) is 0 Å². The highest BCUT2D eigenvalue weighted by Gasteiger charge is 2.35. The molecule has 0 N–H and O–H groups in total. The molecular weight excluding hydrogens is 146 g/mol. The maximum atomic E-state index is 2.67. The van der Waals surface area contributed by atoms with E-state index in [-0.39, 0.29) is 0 Å². The van der Waals surface area contributed by atoms with Gasteiger partial charge in [-0.1, -0.05) is 33.6 Å². The van der Waals surface area contributed by atoms with Crippen molar-refractivity contribution in [2.75, 3.05) is 13.1 Å². The van der Waals surface area contributed by atoms with Crippen molar-refractivity contribution in [2.45, 2.75) is 58.4 Å². The summed E-state index contributed by atoms with van der Waals surface area (Å²) in [5.41, 5.74) is 0.587. The first kappa shape index (κ1) is 10.0. The van der Waals surface area contributed by atoms with E-state index >= 15 is 0 Å². The van der Waals surface area contributed by atoms with Crippen LogP contribution in [-0.2, 0) is 0 Å². The monoisotopic (exact) mass is 169 g/mol. The largest absolute Gasteiger partial charge is 0.298 e. The Hall–Kier alpha value is -0.0400. The molecule has 0 bridgehead atoms. The third-order valence-corrected chi connectivity index (χ3v) is 3.63. The van der Waals surface area contributed by atoms with Gasteiger partial charge in [-0.3, -0.25) is 4.90 Å². The SMILES string of the molecule is CCN(CC)C1(CC)CCCC1. The van der Waals surface area contributed by atoms with Gasteiger partial charge in [-0.15, -0.1) is 0 Å². The molecule has 1 nitrogen and oxygen atoms in total. The first-order chi connectivity index (χ1) is 5.79. The second-order valence-corrected chi connectivity index (χ2v) is 3.96. The smallest absolute Gasteiger partial charge is 0.0206 e. The van der Waals surface area contributed by atoms with E-state index in [0.29, 0.717) is 5.54 Å². The van der Waals surface area contributed by atoms with Crippen LogP contribution >= 0.6 is 0 Å². The van der Waals surface area contributed by atoms with E-state index in [0.717, 1.165) is 0 Å². The molecule has 0 heterocycles. The molecule has 1 saturated carbocycles. The highest BCUT2D eigenvalue weighted by molar-refractivity contribution is 4.92. The van der Waals surface area contributed by atoms with Crippen LogP contribution in [0.25, 0.3) is 0 Å². The van der Waals surface area contributed by atoms with Crippen LogP contribution in [0.2, 0.25) is 0 Å². The lowest BCUT2D eigenvalue weighted by Crippen LogP contribution is -2.45. The van der Waals surface area contributed by atoms with Gasteiger partial charge in [-0.2, -0.15) is 0 Å². The van der Waals surface area contributed by atoms with Crippen molar-refractivity contribution >= 4 is 0 Å². The summed E-state index contributed by atoms with van der Waals surface area (Å²) >= 11 is 0. The van der Waals surface area contributed by atoms with Crippen molar-refractivity contribution in [3.8, 4) is 0 Å². The number of nitrogens with zero attached hydrogens (tertiary/aromatic N) is 1. The molecule has 0 unspecified atom stereocenters. The van der Waals surface area contributed by atoms with Gasteiger partial charge in [0.2, 0.25) is 0 Å². The van der Waals surface area contributed by atoms with E-state index in [1.165, 1.54) is 45.2 Å². The summed E-state index contributed by atoms with van der Waals surface area (Å²) < 4.78 is 0. The van der Waals surface area contributed by atoms with Crippen LogP contribution in [0.4, 0.5) is 0 Å². The number of rotatable bonds is 4. The number of hydrogen-bond donors (Lipinski definition) is 0. The Kier molecular flexibility index (Phi) is 3.57. The molecule has 1 heteroatoms. The molecule has 0 aliphatic heterocycles. The van der Waals surface area contributed by atoms with Gasteiger partial charge in [0.15, 0.2) is 0 Å². The van der Waals surface area contributed by atoms with E-state index < -0.39 is 0 Å². The molecule has 0 atom stereocenters. The first-order valence-electron chi connectivity index (χ1n) is 5.54. The van der Waals surface area contributed by atoms with E-state index in [1.807, 2.05) is 0 Å². The van der Waals surface area contributed by atoms with Gasteiger partial charge < -0.3 is 0 Å². The maximum Gasteiger partial charge on any atom is 0.0206 e. The fourth-order valence-electron chi connectivity index (χ4n) is 2.82. The summed E-state index contributed by atoms with van der Waals surface area (Å²) in [4.78, 5) is 2.67. The summed E-state index contributed by atoms with van der Waals surface area (Å²) in [6, 6.07) is 0. The average Bonchev–Trinajstić information content (AvgIpc) is 2.56. The molecule has 1 rings (SSSR count). The van der Waals surface area contributed by atoms with Crippen molar-refractivity contribution < 1.29 is 0 Å². The molecular formula is C11H23N. The average molecular weight is 169 g/mol. The van der Waals surface area contributed by atoms with Crippen LogP contribution in [0.5, 0.6) is 0 Å². The number of hydrogen-bond acceptors (Lipinski definition) is 1. The van der Waals surface area contributed by atoms with Crippen molar-refractivity contribution in [3.05, 3.63) is 0 Å². The Morgan fingerprint density at radius 1 is 1.00 bits per heavy atom. The Labute approximate surface area is 77.1 Å². The maximum absolute atomic E-state index is 2.67. The van der Waals surface area contributed by atoms with Gasteiger partial charge >= 0.3 is 0 Å². The minimum Gasteiger partial charge on any atom is -0.298 e. The summed E-state index contributed by atoms with van der Waals surface area (Å²) in [7, 11) is 0. The molecule has 0 aromatic carbocycles. The zero-order valence-corrected chi connectivity index (χ0v) is 8.90. The Morgan fingerprint density at radius 2 is 1.50 bits per heavy atom. The molecule has 0 amide bonds. The lowest BCUT2D eigenvalue weighted by atomic mass is 9.92. The van der Waals surface area contributed by atoms with E-state index in [1.54, 1.807) is 0 Å². The molecule has 12 heavy (non-hydrogen) atoms. The summed E-state index contributed by atoms with van der Waals surface area (Å²) in [6.45, 7) is 9.39. The molecule has 0 radical (unpaired) electrons. The summed E-state index contributed by atoms with van der Waals surface area (Å²) in [6.07, 6.45) is 7.11. The predicted molar refractivity (Wildman–Crippen MR) is 54.4 cm³/mol. The molecule has 0 spiro atoms. The first-order valence-corrected chi connectivity index (χ1v) is 5.54. The van der Waals surface area contributed by atoms with Crippen LogP contribution in [-0.4, -0.2) is 23.5 Å². The van der Waals surface area contributed by atoms with Crippen molar-refractivity contribution in [1.29, 1.82) is 0 Å². The standard InChI is InChI=1S/C11H23N/c1-4-11(9-7-8-10-11)12(5-2)6-3/h4-10H2,1-3H3. The van der Waals surface area contributed by atoms with Crippen LogP contribution in [0.15, 0.2) is 0 Å². The highest BCUT2D eigenvalue weighted by Crippen LogP contribution is 2.37. The van der Waals surface area contributed by atoms with Crippen LogP contribution in [0, 0.1) is 0 Å². The van der Waals surface area contributed by atoms with Crippen molar-refractivity contribution in [3.63, 3.8) is 0 Å². The van der Waals surface area contributed by atoms with Gasteiger partial charge in [0.25, 0.3) is 0 Å². The van der Waals surface area contributed by atoms with Gasteiger partial charge in [0.1, 0.15) is 0 Å². The van der Waals surface area contributed by atoms with Crippen LogP contribution in [0.1, 0.15) is 52.9 Å². The fraction of sp³-hybridized carbons (Fsp3) is 1.00. The topological polar surface area (TPSA) is 3.24 Å². The lowest BCUT2D eigenvalue weighted by Gasteiger charge is -2.39. The minimum absolute atomic E-state index is 0.587. The normalized spacial score (nSPS) is 22.0. The Balaban J connectivity index is 2.63. The van der Waals surface area contributed by atoms with Gasteiger partial charge in [0.05, 0.1) is 0 Å². The van der Waals surface area contributed by atoms with Gasteiger partial charge in [0, 0.05) is 5.54 Å². The predicted octanol–water partition coefficient (Wildman–Crippen LogP) is 3.05. The molecule has 1 fully saturated rings. The highest BCUT2D eigenvalue weighted by atomic mass is 15.2. The van der Waals surface area contributed by atoms with E-state index in [9.17, 15) is 0 Å². The third-order valence-electron chi connectivity index (χ3n) is 3.63. The zero-order valence-electron chi connectivity index (χ0n) is 8.90. The summed E-state index contributed by atoms with van der Waals surface area (Å²) in [5, 5.41) is 0. The van der Waals surface area contributed by atoms with E-state index in [2.05, 4.69) is 25.7 Å². The quantitative estimate of drug-likeness (QED) is 0.625. The molecule has 0 saturated heterocycles. The van der Waals surface area contributed by atoms with Crippen molar-refractivity contribution in [1.82, 2.24) is 4.90 Å². The molecule has 0 aromatic heterocycles. The molecule has 72 valence electrons. The molecule has 0 aromatic rings. The zero-order chi connectivity index (χ0) is 9.03. The summed E-state index contributed by atoms with van der Waals surface area (Å²) in [5.74, 6) is 0. The van der Waals surface area contributed by atoms with Gasteiger partial charge in [-0.05, 0) is 32.4 Å². The molecule has 1 aliphatic carbocycles. The minimum atomic E-state index is 0.587. The second kappa shape index (κ2) is 4.27. The van der Waals surface area contributed by atoms with E-state index in [4.69, 9.17) is 0 Å². The molecule has 1 aliphatic rings. The second-order valence-electron chi connectivity index (χ2n) is 3.96. The van der Waals surface area contributed by atoms with Crippen LogP contribution < -0.4 is 0 Å². The lowest BCUT2D eigenvalue weighted by molar-refractivity contribution is 0.100.